The van der Waals surface area contributed by atoms with E-state index in [-0.39, 0.29) is 16.0 Å². The molecule has 2 aromatic rings. The van der Waals surface area contributed by atoms with Gasteiger partial charge in [0.15, 0.2) is 4.21 Å². The van der Waals surface area contributed by atoms with E-state index in [0.717, 1.165) is 11.3 Å². The summed E-state index contributed by atoms with van der Waals surface area (Å²) < 4.78 is 35.9. The van der Waals surface area contributed by atoms with Gasteiger partial charge in [0.1, 0.15) is 18.1 Å². The van der Waals surface area contributed by atoms with Crippen LogP contribution in [0.2, 0.25) is 0 Å². The van der Waals surface area contributed by atoms with Gasteiger partial charge in [-0.05, 0) is 32.4 Å². The minimum Gasteiger partial charge on any atom is -0.492 e. The van der Waals surface area contributed by atoms with E-state index >= 15 is 0 Å². The highest BCUT2D eigenvalue weighted by atomic mass is 32.3. The van der Waals surface area contributed by atoms with Crippen LogP contribution >= 0.6 is 11.3 Å². The number of aryl methyl sites for hydroxylation is 2. The number of hydrogen-bond acceptors (Lipinski definition) is 7. The van der Waals surface area contributed by atoms with Crippen molar-refractivity contribution in [2.24, 2.45) is 5.73 Å². The summed E-state index contributed by atoms with van der Waals surface area (Å²) >= 11 is 1.10. The number of fused-ring (bicyclic) bond motifs is 1. The third-order valence-corrected chi connectivity index (χ3v) is 6.18. The molecule has 0 fully saturated rings. The van der Waals surface area contributed by atoms with Gasteiger partial charge in [-0.1, -0.05) is 6.07 Å². The quantitative estimate of drug-likeness (QED) is 0.857. The van der Waals surface area contributed by atoms with E-state index in [9.17, 15) is 8.42 Å². The predicted octanol–water partition coefficient (Wildman–Crippen LogP) is 1.79. The summed E-state index contributed by atoms with van der Waals surface area (Å²) in [6.45, 7) is 3.82. The van der Waals surface area contributed by atoms with Crippen LogP contribution in [0.4, 0.5) is 0 Å². The van der Waals surface area contributed by atoms with Crippen LogP contribution in [0.3, 0.4) is 0 Å². The van der Waals surface area contributed by atoms with Crippen molar-refractivity contribution in [3.05, 3.63) is 34.5 Å². The molecule has 0 saturated heterocycles. The average Bonchev–Trinajstić information content (AvgIpc) is 2.79. The summed E-state index contributed by atoms with van der Waals surface area (Å²) in [6.07, 6.45) is 0.516. The third-order valence-electron chi connectivity index (χ3n) is 3.30. The molecule has 8 heteroatoms. The molecule has 0 unspecified atom stereocenters. The topological polar surface area (TPSA) is 91.5 Å². The number of benzene rings is 1. The van der Waals surface area contributed by atoms with Crippen LogP contribution in [0.5, 0.6) is 11.5 Å². The zero-order chi connectivity index (χ0) is 15.9. The fourth-order valence-corrected chi connectivity index (χ4v) is 4.77. The second kappa shape index (κ2) is 5.53. The summed E-state index contributed by atoms with van der Waals surface area (Å²) in [6, 6.07) is 4.92. The highest BCUT2D eigenvalue weighted by Gasteiger charge is 2.27. The summed E-state index contributed by atoms with van der Waals surface area (Å²) in [4.78, 5) is 4.13. The van der Waals surface area contributed by atoms with E-state index in [1.54, 1.807) is 32.0 Å². The number of aromatic nitrogens is 1. The van der Waals surface area contributed by atoms with Crippen LogP contribution in [-0.2, 0) is 16.5 Å². The Kier molecular flexibility index (Phi) is 3.84. The molecule has 0 spiro atoms. The van der Waals surface area contributed by atoms with Crippen LogP contribution in [0, 0.1) is 13.8 Å². The smallest absolute Gasteiger partial charge is 0.350 e. The molecule has 1 aromatic carbocycles. The van der Waals surface area contributed by atoms with Crippen molar-refractivity contribution in [2.45, 2.75) is 30.5 Å². The van der Waals surface area contributed by atoms with Gasteiger partial charge in [0, 0.05) is 11.6 Å². The van der Waals surface area contributed by atoms with Gasteiger partial charge in [-0.3, -0.25) is 0 Å². The van der Waals surface area contributed by atoms with Gasteiger partial charge in [-0.2, -0.15) is 8.42 Å². The zero-order valence-corrected chi connectivity index (χ0v) is 13.8. The Morgan fingerprint density at radius 3 is 2.86 bits per heavy atom. The molecule has 6 nitrogen and oxygen atoms in total. The van der Waals surface area contributed by atoms with Gasteiger partial charge >= 0.3 is 10.1 Å². The molecule has 3 rings (SSSR count). The zero-order valence-electron chi connectivity index (χ0n) is 12.2. The molecular weight excluding hydrogens is 324 g/mol. The van der Waals surface area contributed by atoms with Gasteiger partial charge in [-0.15, -0.1) is 11.3 Å². The summed E-state index contributed by atoms with van der Waals surface area (Å²) in [5, 5.41) is 0.681. The maximum Gasteiger partial charge on any atom is 0.350 e. The molecule has 0 radical (unpaired) electrons. The van der Waals surface area contributed by atoms with Crippen LogP contribution in [0.25, 0.3) is 0 Å². The molecule has 1 aromatic heterocycles. The highest BCUT2D eigenvalue weighted by Crippen LogP contribution is 2.35. The Balaban J connectivity index is 1.98. The van der Waals surface area contributed by atoms with Crippen molar-refractivity contribution in [1.82, 2.24) is 4.98 Å². The van der Waals surface area contributed by atoms with Crippen LogP contribution in [0.1, 0.15) is 16.3 Å². The molecule has 1 aliphatic heterocycles. The lowest BCUT2D eigenvalue weighted by Crippen LogP contribution is -2.34. The normalized spacial score (nSPS) is 17.7. The summed E-state index contributed by atoms with van der Waals surface area (Å²) in [5.74, 6) is 0.879. The Hall–Kier alpha value is -1.64. The molecule has 0 amide bonds. The Bertz CT molecular complexity index is 814. The monoisotopic (exact) mass is 340 g/mol. The molecule has 1 aliphatic rings. The molecule has 0 bridgehead atoms. The van der Waals surface area contributed by atoms with E-state index < -0.39 is 10.1 Å². The first-order valence-electron chi connectivity index (χ1n) is 6.75. The molecule has 2 heterocycles. The number of thiazole rings is 1. The number of nitrogens with two attached hydrogens (primary N) is 1. The fourth-order valence-electron chi connectivity index (χ4n) is 2.38. The minimum atomic E-state index is -3.91. The van der Waals surface area contributed by atoms with Crippen LogP contribution in [0.15, 0.2) is 22.4 Å². The molecule has 1 atom stereocenters. The number of ether oxygens (including phenoxy) is 1. The van der Waals surface area contributed by atoms with Gasteiger partial charge in [0.2, 0.25) is 0 Å². The van der Waals surface area contributed by atoms with Crippen molar-refractivity contribution < 1.29 is 17.3 Å². The maximum absolute atomic E-state index is 12.5. The first-order chi connectivity index (χ1) is 10.4. The maximum atomic E-state index is 12.5. The number of hydrogen-bond donors (Lipinski definition) is 1. The Labute approximate surface area is 133 Å². The summed E-state index contributed by atoms with van der Waals surface area (Å²) in [5.41, 5.74) is 7.01. The second-order valence-electron chi connectivity index (χ2n) is 5.15. The van der Waals surface area contributed by atoms with E-state index in [1.807, 2.05) is 0 Å². The average molecular weight is 340 g/mol. The minimum absolute atomic E-state index is 0.128. The lowest BCUT2D eigenvalue weighted by atomic mass is 10.0. The molecular formula is C14H16N2O4S2. The van der Waals surface area contributed by atoms with Crippen molar-refractivity contribution in [3.8, 4) is 11.5 Å². The second-order valence-corrected chi connectivity index (χ2v) is 8.10. The van der Waals surface area contributed by atoms with E-state index in [4.69, 9.17) is 14.7 Å². The molecule has 118 valence electrons. The van der Waals surface area contributed by atoms with Crippen molar-refractivity contribution in [2.75, 3.05) is 6.61 Å². The van der Waals surface area contributed by atoms with E-state index in [2.05, 4.69) is 4.98 Å². The molecule has 2 N–H and O–H groups in total. The lowest BCUT2D eigenvalue weighted by molar-refractivity contribution is 0.261. The lowest BCUT2D eigenvalue weighted by Gasteiger charge is -2.24. The first-order valence-corrected chi connectivity index (χ1v) is 8.98. The Morgan fingerprint density at radius 2 is 2.18 bits per heavy atom. The first kappa shape index (κ1) is 15.3. The van der Waals surface area contributed by atoms with Crippen molar-refractivity contribution in [1.29, 1.82) is 0 Å². The van der Waals surface area contributed by atoms with Crippen molar-refractivity contribution >= 4 is 21.5 Å². The Morgan fingerprint density at radius 1 is 1.41 bits per heavy atom. The van der Waals surface area contributed by atoms with Gasteiger partial charge in [0.05, 0.1) is 10.7 Å². The van der Waals surface area contributed by atoms with Crippen LogP contribution < -0.4 is 14.7 Å². The standard InChI is InChI=1S/C14H16N2O4S2/c1-8-14(21-9(2)16-8)22(17,18)20-13-5-3-4-12-11(13)6-10(15)7-19-12/h3-5,10H,6-7,15H2,1-2H3/t10-/m0/s1. The van der Waals surface area contributed by atoms with E-state index in [0.29, 0.717) is 35.0 Å². The van der Waals surface area contributed by atoms with Gasteiger partial charge < -0.3 is 14.7 Å². The van der Waals surface area contributed by atoms with Gasteiger partial charge in [0.25, 0.3) is 0 Å². The third kappa shape index (κ3) is 2.81. The summed E-state index contributed by atoms with van der Waals surface area (Å²) in [7, 11) is -3.91. The molecule has 22 heavy (non-hydrogen) atoms. The van der Waals surface area contributed by atoms with E-state index in [1.165, 1.54) is 0 Å². The fraction of sp³-hybridized carbons (Fsp3) is 0.357. The van der Waals surface area contributed by atoms with Crippen molar-refractivity contribution in [3.63, 3.8) is 0 Å². The highest BCUT2D eigenvalue weighted by molar-refractivity contribution is 7.89. The van der Waals surface area contributed by atoms with Crippen LogP contribution in [-0.4, -0.2) is 26.1 Å². The number of rotatable bonds is 3. The largest absolute Gasteiger partial charge is 0.492 e. The molecule has 0 aliphatic carbocycles. The molecule has 0 saturated carbocycles. The predicted molar refractivity (Wildman–Crippen MR) is 83.0 cm³/mol. The number of nitrogens with zero attached hydrogens (tertiary/aromatic N) is 1. The SMILES string of the molecule is Cc1nc(C)c(S(=O)(=O)Oc2cccc3c2C[C@H](N)CO3)s1. The van der Waals surface area contributed by atoms with Gasteiger partial charge in [-0.25, -0.2) is 4.98 Å².